The molecule has 1 aromatic heterocycles. The van der Waals surface area contributed by atoms with E-state index in [1.54, 1.807) is 4.90 Å². The second-order valence-corrected chi connectivity index (χ2v) is 6.11. The van der Waals surface area contributed by atoms with E-state index in [0.29, 0.717) is 24.0 Å². The Bertz CT molecular complexity index is 493. The minimum atomic E-state index is -0.179. The van der Waals surface area contributed by atoms with Crippen molar-refractivity contribution in [2.24, 2.45) is 5.92 Å². The maximum atomic E-state index is 12.1. The Balaban J connectivity index is 1.88. The molecule has 0 bridgehead atoms. The molecule has 0 atom stereocenters. The molecule has 0 unspecified atom stereocenters. The van der Waals surface area contributed by atoms with Crippen molar-refractivity contribution in [2.45, 2.75) is 44.7 Å². The van der Waals surface area contributed by atoms with Gasteiger partial charge in [-0.3, -0.25) is 4.79 Å². The van der Waals surface area contributed by atoms with Crippen LogP contribution in [0.5, 0.6) is 0 Å². The van der Waals surface area contributed by atoms with Gasteiger partial charge in [-0.2, -0.15) is 4.68 Å². The molecular weight excluding hydrogens is 288 g/mol. The van der Waals surface area contributed by atoms with Gasteiger partial charge in [-0.1, -0.05) is 24.6 Å². The molecule has 2 rings (SSSR count). The number of hydrogen-bond donors (Lipinski definition) is 0. The molecular formula is C14H22N4O2S. The minimum Gasteiger partial charge on any atom is -0.323 e. The van der Waals surface area contributed by atoms with Gasteiger partial charge in [0.15, 0.2) is 0 Å². The Morgan fingerprint density at radius 3 is 2.62 bits per heavy atom. The van der Waals surface area contributed by atoms with E-state index in [1.807, 2.05) is 13.8 Å². The Labute approximate surface area is 129 Å². The average Bonchev–Trinajstić information content (AvgIpc) is 3.17. The normalized spacial score (nSPS) is 15.3. The van der Waals surface area contributed by atoms with Crippen LogP contribution >= 0.6 is 11.8 Å². The van der Waals surface area contributed by atoms with E-state index >= 15 is 0 Å². The van der Waals surface area contributed by atoms with Crippen LogP contribution in [-0.4, -0.2) is 50.3 Å². The highest BCUT2D eigenvalue weighted by molar-refractivity contribution is 7.99. The summed E-state index contributed by atoms with van der Waals surface area (Å²) in [7, 11) is 0. The van der Waals surface area contributed by atoms with Crippen LogP contribution in [0.3, 0.4) is 0 Å². The van der Waals surface area contributed by atoms with Crippen LogP contribution in [0.1, 0.15) is 39.5 Å². The smallest absolute Gasteiger partial charge is 0.323 e. The van der Waals surface area contributed by atoms with Crippen LogP contribution < -0.4 is 0 Å². The summed E-state index contributed by atoms with van der Waals surface area (Å²) in [6.45, 7) is 5.12. The number of nitrogens with zero attached hydrogens (tertiary/aromatic N) is 4. The van der Waals surface area contributed by atoms with Crippen molar-refractivity contribution >= 4 is 23.6 Å². The lowest BCUT2D eigenvalue weighted by Gasteiger charge is -2.17. The molecule has 1 aliphatic rings. The van der Waals surface area contributed by atoms with E-state index in [4.69, 9.17) is 0 Å². The van der Waals surface area contributed by atoms with Crippen LogP contribution in [0, 0.1) is 5.92 Å². The summed E-state index contributed by atoms with van der Waals surface area (Å²) in [6.07, 6.45) is 5.77. The quantitative estimate of drug-likeness (QED) is 0.755. The molecule has 0 N–H and O–H groups in total. The highest BCUT2D eigenvalue weighted by Gasteiger charge is 2.23. The van der Waals surface area contributed by atoms with Gasteiger partial charge in [0.25, 0.3) is 0 Å². The van der Waals surface area contributed by atoms with Gasteiger partial charge in [0, 0.05) is 19.0 Å². The molecule has 1 amide bonds. The SMILES string of the molecule is CCN(CC)C(=O)n1cnc(SCC(=O)C2CCCC2)n1. The third-order valence-corrected chi connectivity index (χ3v) is 4.73. The first-order chi connectivity index (χ1) is 10.2. The largest absolute Gasteiger partial charge is 0.346 e. The third kappa shape index (κ3) is 4.06. The van der Waals surface area contributed by atoms with Gasteiger partial charge in [0.05, 0.1) is 5.75 Å². The summed E-state index contributed by atoms with van der Waals surface area (Å²) in [5.74, 6) is 0.898. The Morgan fingerprint density at radius 2 is 2.00 bits per heavy atom. The van der Waals surface area contributed by atoms with Gasteiger partial charge < -0.3 is 4.90 Å². The molecule has 1 aromatic rings. The summed E-state index contributed by atoms with van der Waals surface area (Å²) in [5.41, 5.74) is 0. The van der Waals surface area contributed by atoms with Gasteiger partial charge in [-0.05, 0) is 26.7 Å². The number of hydrogen-bond acceptors (Lipinski definition) is 5. The summed E-state index contributed by atoms with van der Waals surface area (Å²) in [4.78, 5) is 29.9. The average molecular weight is 310 g/mol. The zero-order valence-corrected chi connectivity index (χ0v) is 13.4. The lowest BCUT2D eigenvalue weighted by Crippen LogP contribution is -2.34. The zero-order valence-electron chi connectivity index (χ0n) is 12.6. The summed E-state index contributed by atoms with van der Waals surface area (Å²) in [6, 6.07) is -0.179. The van der Waals surface area contributed by atoms with Gasteiger partial charge in [0.2, 0.25) is 5.16 Å². The zero-order chi connectivity index (χ0) is 15.2. The third-order valence-electron chi connectivity index (χ3n) is 3.85. The Hall–Kier alpha value is -1.37. The highest BCUT2D eigenvalue weighted by atomic mass is 32.2. The minimum absolute atomic E-state index is 0.179. The van der Waals surface area contributed by atoms with Gasteiger partial charge in [-0.25, -0.2) is 9.78 Å². The molecule has 1 fully saturated rings. The summed E-state index contributed by atoms with van der Waals surface area (Å²) < 4.78 is 1.25. The number of carbonyl (C=O) groups excluding carboxylic acids is 2. The van der Waals surface area contributed by atoms with E-state index < -0.39 is 0 Å². The van der Waals surface area contributed by atoms with Crippen LogP contribution in [0.15, 0.2) is 11.5 Å². The number of amides is 1. The highest BCUT2D eigenvalue weighted by Crippen LogP contribution is 2.27. The first-order valence-corrected chi connectivity index (χ1v) is 8.50. The van der Waals surface area contributed by atoms with Crippen molar-refractivity contribution in [1.82, 2.24) is 19.7 Å². The first kappa shape index (κ1) is 16.0. The van der Waals surface area contributed by atoms with E-state index in [1.165, 1.54) is 22.8 Å². The molecule has 0 aliphatic heterocycles. The number of aromatic nitrogens is 3. The molecule has 7 heteroatoms. The van der Waals surface area contributed by atoms with E-state index in [9.17, 15) is 9.59 Å². The maximum absolute atomic E-state index is 12.1. The molecule has 0 radical (unpaired) electrons. The fourth-order valence-electron chi connectivity index (χ4n) is 2.55. The Kier molecular flexibility index (Phi) is 5.78. The molecule has 1 heterocycles. The number of thioether (sulfide) groups is 1. The number of rotatable bonds is 6. The summed E-state index contributed by atoms with van der Waals surface area (Å²) in [5, 5.41) is 4.64. The number of carbonyl (C=O) groups is 2. The predicted molar refractivity (Wildman–Crippen MR) is 81.4 cm³/mol. The molecule has 0 spiro atoms. The van der Waals surface area contributed by atoms with Crippen molar-refractivity contribution in [3.63, 3.8) is 0 Å². The fraction of sp³-hybridized carbons (Fsp3) is 0.714. The van der Waals surface area contributed by atoms with Crippen LogP contribution in [0.2, 0.25) is 0 Å². The lowest BCUT2D eigenvalue weighted by atomic mass is 10.0. The lowest BCUT2D eigenvalue weighted by molar-refractivity contribution is -0.120. The molecule has 1 aliphatic carbocycles. The van der Waals surface area contributed by atoms with Crippen LogP contribution in [-0.2, 0) is 4.79 Å². The van der Waals surface area contributed by atoms with Crippen molar-refractivity contribution in [3.8, 4) is 0 Å². The number of ketones is 1. The maximum Gasteiger partial charge on any atom is 0.346 e. The molecule has 1 saturated carbocycles. The standard InChI is InChI=1S/C14H22N4O2S/c1-3-17(4-2)14(20)18-10-15-13(16-18)21-9-12(19)11-7-5-6-8-11/h10-11H,3-9H2,1-2H3. The monoisotopic (exact) mass is 310 g/mol. The van der Waals surface area contributed by atoms with Crippen molar-refractivity contribution in [1.29, 1.82) is 0 Å². The molecule has 0 saturated heterocycles. The van der Waals surface area contributed by atoms with Crippen molar-refractivity contribution < 1.29 is 9.59 Å². The summed E-state index contributed by atoms with van der Waals surface area (Å²) >= 11 is 1.32. The van der Waals surface area contributed by atoms with Crippen molar-refractivity contribution in [2.75, 3.05) is 18.8 Å². The molecule has 6 nitrogen and oxygen atoms in total. The van der Waals surface area contributed by atoms with E-state index in [0.717, 1.165) is 25.7 Å². The number of Topliss-reactive ketones (excluding diaryl/α,β-unsaturated/α-hetero) is 1. The molecule has 21 heavy (non-hydrogen) atoms. The van der Waals surface area contributed by atoms with Crippen molar-refractivity contribution in [3.05, 3.63) is 6.33 Å². The topological polar surface area (TPSA) is 68.1 Å². The Morgan fingerprint density at radius 1 is 1.33 bits per heavy atom. The van der Waals surface area contributed by atoms with E-state index in [-0.39, 0.29) is 17.7 Å². The van der Waals surface area contributed by atoms with Crippen LogP contribution in [0.4, 0.5) is 4.79 Å². The second-order valence-electron chi connectivity index (χ2n) is 5.16. The predicted octanol–water partition coefficient (Wildman–Crippen LogP) is 2.44. The van der Waals surface area contributed by atoms with Gasteiger partial charge >= 0.3 is 6.03 Å². The van der Waals surface area contributed by atoms with Gasteiger partial charge in [0.1, 0.15) is 12.1 Å². The second kappa shape index (κ2) is 7.59. The van der Waals surface area contributed by atoms with E-state index in [2.05, 4.69) is 10.1 Å². The molecule has 116 valence electrons. The fourth-order valence-corrected chi connectivity index (χ4v) is 3.32. The van der Waals surface area contributed by atoms with Crippen LogP contribution in [0.25, 0.3) is 0 Å². The van der Waals surface area contributed by atoms with Gasteiger partial charge in [-0.15, -0.1) is 5.10 Å². The first-order valence-electron chi connectivity index (χ1n) is 7.52. The molecule has 0 aromatic carbocycles.